The number of nitrogens with zero attached hydrogens (tertiary/aromatic N) is 4. The Hall–Kier alpha value is -3.50. The predicted molar refractivity (Wildman–Crippen MR) is 158 cm³/mol. The van der Waals surface area contributed by atoms with Crippen LogP contribution in [-0.2, 0) is 6.54 Å². The van der Waals surface area contributed by atoms with Gasteiger partial charge in [0, 0.05) is 67.5 Å². The second-order valence-corrected chi connectivity index (χ2v) is 10.9. The Morgan fingerprint density at radius 1 is 1.02 bits per heavy atom. The highest BCUT2D eigenvalue weighted by atomic mass is 35.5. The van der Waals surface area contributed by atoms with Gasteiger partial charge in [0.15, 0.2) is 0 Å². The van der Waals surface area contributed by atoms with E-state index in [1.54, 1.807) is 30.6 Å². The number of halogens is 2. The first kappa shape index (κ1) is 28.0. The van der Waals surface area contributed by atoms with Crippen molar-refractivity contribution in [1.82, 2.24) is 25.2 Å². The van der Waals surface area contributed by atoms with Crippen molar-refractivity contribution in [2.24, 2.45) is 0 Å². The van der Waals surface area contributed by atoms with Gasteiger partial charge >= 0.3 is 0 Å². The maximum Gasteiger partial charge on any atom is 0.259 e. The van der Waals surface area contributed by atoms with Crippen LogP contribution in [0, 0.1) is 0 Å². The molecule has 2 aromatic carbocycles. The first-order chi connectivity index (χ1) is 19.2. The van der Waals surface area contributed by atoms with Crippen LogP contribution in [0.15, 0.2) is 48.9 Å². The molecular formula is C29H30Cl2N6O3. The molecule has 2 aromatic heterocycles. The van der Waals surface area contributed by atoms with Gasteiger partial charge in [-0.25, -0.2) is 4.98 Å². The highest BCUT2D eigenvalue weighted by Gasteiger charge is 2.29. The number of amides is 1. The van der Waals surface area contributed by atoms with Gasteiger partial charge in [0.2, 0.25) is 0 Å². The summed E-state index contributed by atoms with van der Waals surface area (Å²) in [6.07, 6.45) is 4.88. The lowest BCUT2D eigenvalue weighted by Crippen LogP contribution is -2.57. The summed E-state index contributed by atoms with van der Waals surface area (Å²) in [5.74, 6) is 0.873. The van der Waals surface area contributed by atoms with E-state index in [1.165, 1.54) is 20.4 Å². The van der Waals surface area contributed by atoms with Crippen LogP contribution in [0.5, 0.6) is 11.5 Å². The molecule has 1 fully saturated rings. The van der Waals surface area contributed by atoms with E-state index in [2.05, 4.69) is 44.3 Å². The Morgan fingerprint density at radius 2 is 1.73 bits per heavy atom. The fraction of sp³-hybridized carbons (Fsp3) is 0.310. The molecule has 0 spiro atoms. The maximum atomic E-state index is 13.4. The summed E-state index contributed by atoms with van der Waals surface area (Å²) < 4.78 is 10.8. The molecule has 40 heavy (non-hydrogen) atoms. The number of fused-ring (bicyclic) bond motifs is 1. The molecule has 0 atom stereocenters. The van der Waals surface area contributed by atoms with Crippen LogP contribution >= 0.6 is 23.2 Å². The SMILES string of the molecule is COc1cc(OC)c(Cl)c(-c2ccc(C(=O)Nc3ccc(CN4CCNCC4(C)C)cn3)c3nccnc23)c1Cl. The van der Waals surface area contributed by atoms with Gasteiger partial charge in [-0.3, -0.25) is 19.7 Å². The number of carbonyl (C=O) groups is 1. The van der Waals surface area contributed by atoms with Crippen molar-refractivity contribution in [3.8, 4) is 22.6 Å². The molecule has 3 heterocycles. The third-order valence-corrected chi connectivity index (χ3v) is 7.88. The van der Waals surface area contributed by atoms with Crippen LogP contribution in [0.2, 0.25) is 10.0 Å². The summed E-state index contributed by atoms with van der Waals surface area (Å²) >= 11 is 13.3. The molecule has 0 radical (unpaired) electrons. The Morgan fingerprint density at radius 3 is 2.35 bits per heavy atom. The Balaban J connectivity index is 1.43. The second kappa shape index (κ2) is 11.5. The van der Waals surface area contributed by atoms with E-state index in [0.29, 0.717) is 55.1 Å². The maximum absolute atomic E-state index is 13.4. The molecule has 1 amide bonds. The topological polar surface area (TPSA) is 102 Å². The standard InChI is InChI=1S/C29H30Cl2N6O3/c1-29(2)16-32-11-12-37(29)15-17-5-8-22(35-14-17)36-28(38)19-7-6-18(26-27(19)34-10-9-33-26)23-24(30)20(39-3)13-21(40-4)25(23)31/h5-10,13-14,32H,11-12,15-16H2,1-4H3,(H,35,36,38). The van der Waals surface area contributed by atoms with Crippen molar-refractivity contribution in [1.29, 1.82) is 0 Å². The summed E-state index contributed by atoms with van der Waals surface area (Å²) in [6.45, 7) is 8.11. The van der Waals surface area contributed by atoms with Gasteiger partial charge in [0.05, 0.1) is 35.3 Å². The van der Waals surface area contributed by atoms with E-state index in [1.807, 2.05) is 12.1 Å². The fourth-order valence-corrected chi connectivity index (χ4v) is 5.58. The molecule has 208 valence electrons. The zero-order valence-electron chi connectivity index (χ0n) is 22.7. The van der Waals surface area contributed by atoms with E-state index in [4.69, 9.17) is 32.7 Å². The third-order valence-electron chi connectivity index (χ3n) is 7.12. The minimum atomic E-state index is -0.360. The second-order valence-electron chi connectivity index (χ2n) is 10.1. The summed E-state index contributed by atoms with van der Waals surface area (Å²) in [5.41, 5.74) is 3.38. The van der Waals surface area contributed by atoms with E-state index < -0.39 is 0 Å². The number of benzene rings is 2. The van der Waals surface area contributed by atoms with Gasteiger partial charge in [0.25, 0.3) is 5.91 Å². The van der Waals surface area contributed by atoms with Crippen molar-refractivity contribution in [2.75, 3.05) is 39.2 Å². The van der Waals surface area contributed by atoms with Gasteiger partial charge in [-0.05, 0) is 31.5 Å². The predicted octanol–water partition coefficient (Wildman–Crippen LogP) is 5.45. The molecule has 1 aliphatic heterocycles. The fourth-order valence-electron chi connectivity index (χ4n) is 4.88. The molecule has 0 bridgehead atoms. The summed E-state index contributed by atoms with van der Waals surface area (Å²) in [5, 5.41) is 6.92. The largest absolute Gasteiger partial charge is 0.495 e. The van der Waals surface area contributed by atoms with Crippen LogP contribution in [-0.4, -0.2) is 65.2 Å². The number of pyridine rings is 1. The molecule has 9 nitrogen and oxygen atoms in total. The van der Waals surface area contributed by atoms with Crippen molar-refractivity contribution >= 4 is 46.0 Å². The van der Waals surface area contributed by atoms with E-state index >= 15 is 0 Å². The first-order valence-corrected chi connectivity index (χ1v) is 13.5. The third kappa shape index (κ3) is 5.42. The van der Waals surface area contributed by atoms with E-state index in [9.17, 15) is 4.79 Å². The van der Waals surface area contributed by atoms with Crippen LogP contribution in [0.4, 0.5) is 5.82 Å². The number of hydrogen-bond acceptors (Lipinski definition) is 8. The number of hydrogen-bond donors (Lipinski definition) is 2. The van der Waals surface area contributed by atoms with Crippen LogP contribution in [0.1, 0.15) is 29.8 Å². The molecule has 5 rings (SSSR count). The number of ether oxygens (including phenoxy) is 2. The highest BCUT2D eigenvalue weighted by Crippen LogP contribution is 2.47. The van der Waals surface area contributed by atoms with Gasteiger partial charge in [-0.2, -0.15) is 0 Å². The lowest BCUT2D eigenvalue weighted by Gasteiger charge is -2.42. The van der Waals surface area contributed by atoms with Crippen LogP contribution < -0.4 is 20.1 Å². The summed E-state index contributed by atoms with van der Waals surface area (Å²) in [4.78, 5) is 29.3. The normalized spacial score (nSPS) is 15.2. The van der Waals surface area contributed by atoms with Crippen molar-refractivity contribution < 1.29 is 14.3 Å². The molecule has 4 aromatic rings. The van der Waals surface area contributed by atoms with E-state index in [0.717, 1.165) is 31.7 Å². The number of methoxy groups -OCH3 is 2. The van der Waals surface area contributed by atoms with E-state index in [-0.39, 0.29) is 11.4 Å². The van der Waals surface area contributed by atoms with Crippen LogP contribution in [0.3, 0.4) is 0 Å². The lowest BCUT2D eigenvalue weighted by molar-refractivity contribution is 0.0826. The van der Waals surface area contributed by atoms with Crippen molar-refractivity contribution in [3.05, 3.63) is 70.1 Å². The number of nitrogens with one attached hydrogen (secondary N) is 2. The molecule has 0 unspecified atom stereocenters. The van der Waals surface area contributed by atoms with Gasteiger partial charge in [-0.15, -0.1) is 0 Å². The minimum absolute atomic E-state index is 0.0594. The van der Waals surface area contributed by atoms with Gasteiger partial charge in [0.1, 0.15) is 22.8 Å². The summed E-state index contributed by atoms with van der Waals surface area (Å²) in [6, 6.07) is 8.83. The van der Waals surface area contributed by atoms with Crippen molar-refractivity contribution in [3.63, 3.8) is 0 Å². The highest BCUT2D eigenvalue weighted by molar-refractivity contribution is 6.41. The Labute approximate surface area is 242 Å². The Bertz CT molecular complexity index is 1530. The monoisotopic (exact) mass is 580 g/mol. The number of piperazine rings is 1. The van der Waals surface area contributed by atoms with Crippen molar-refractivity contribution in [2.45, 2.75) is 25.9 Å². The average Bonchev–Trinajstić information content (AvgIpc) is 2.95. The molecule has 1 saturated heterocycles. The smallest absolute Gasteiger partial charge is 0.259 e. The zero-order chi connectivity index (χ0) is 28.4. The lowest BCUT2D eigenvalue weighted by atomic mass is 9.99. The molecule has 2 N–H and O–H groups in total. The molecule has 1 aliphatic rings. The van der Waals surface area contributed by atoms with Gasteiger partial charge in [-0.1, -0.05) is 35.3 Å². The molecule has 11 heteroatoms. The minimum Gasteiger partial charge on any atom is -0.495 e. The molecule has 0 aliphatic carbocycles. The van der Waals surface area contributed by atoms with Crippen LogP contribution in [0.25, 0.3) is 22.2 Å². The quantitative estimate of drug-likeness (QED) is 0.297. The van der Waals surface area contributed by atoms with Gasteiger partial charge < -0.3 is 20.1 Å². The number of anilines is 1. The average molecular weight is 582 g/mol. The first-order valence-electron chi connectivity index (χ1n) is 12.8. The molecular weight excluding hydrogens is 551 g/mol. The zero-order valence-corrected chi connectivity index (χ0v) is 24.2. The number of carbonyl (C=O) groups excluding carboxylic acids is 1. The number of aromatic nitrogens is 3. The summed E-state index contributed by atoms with van der Waals surface area (Å²) in [7, 11) is 3.02. The number of rotatable bonds is 7. The Kier molecular flexibility index (Phi) is 8.09. The molecule has 0 saturated carbocycles.